The van der Waals surface area contributed by atoms with Gasteiger partial charge in [-0.2, -0.15) is 0 Å². The van der Waals surface area contributed by atoms with Gasteiger partial charge in [-0.3, -0.25) is 4.98 Å². The second-order valence-corrected chi connectivity index (χ2v) is 5.70. The van der Waals surface area contributed by atoms with E-state index in [1.165, 1.54) is 12.0 Å². The zero-order valence-corrected chi connectivity index (χ0v) is 12.7. The van der Waals surface area contributed by atoms with Gasteiger partial charge in [0.15, 0.2) is 0 Å². The fraction of sp³-hybridized carbons (Fsp3) is 0.312. The van der Waals surface area contributed by atoms with Crippen molar-refractivity contribution in [2.75, 3.05) is 0 Å². The summed E-state index contributed by atoms with van der Waals surface area (Å²) in [6, 6.07) is 5.79. The number of aryl methyl sites for hydroxylation is 3. The van der Waals surface area contributed by atoms with Crippen molar-refractivity contribution >= 4 is 17.2 Å². The minimum Gasteiger partial charge on any atom is -0.437 e. The van der Waals surface area contributed by atoms with E-state index in [1.54, 1.807) is 6.20 Å². The Kier molecular flexibility index (Phi) is 3.84. The van der Waals surface area contributed by atoms with Gasteiger partial charge < -0.3 is 10.5 Å². The fourth-order valence-electron chi connectivity index (χ4n) is 2.50. The van der Waals surface area contributed by atoms with Crippen LogP contribution >= 0.6 is 12.2 Å². The highest BCUT2D eigenvalue weighted by Crippen LogP contribution is 2.29. The van der Waals surface area contributed by atoms with E-state index < -0.39 is 0 Å². The molecule has 0 saturated carbocycles. The molecule has 1 aliphatic carbocycles. The molecule has 2 heterocycles. The molecule has 0 radical (unpaired) electrons. The lowest BCUT2D eigenvalue weighted by atomic mass is 9.95. The predicted octanol–water partition coefficient (Wildman–Crippen LogP) is 3.09. The van der Waals surface area contributed by atoms with Gasteiger partial charge in [0.05, 0.1) is 11.8 Å². The molecule has 0 spiro atoms. The van der Waals surface area contributed by atoms with E-state index in [1.807, 2.05) is 25.1 Å². The Morgan fingerprint density at radius 3 is 2.81 bits per heavy atom. The first-order chi connectivity index (χ1) is 10.1. The molecule has 5 heteroatoms. The second-order valence-electron chi connectivity index (χ2n) is 5.26. The number of pyridine rings is 2. The number of rotatable bonds is 3. The average Bonchev–Trinajstić information content (AvgIpc) is 2.48. The lowest BCUT2D eigenvalue weighted by molar-refractivity contribution is 0.454. The van der Waals surface area contributed by atoms with Crippen molar-refractivity contribution in [1.82, 2.24) is 9.97 Å². The van der Waals surface area contributed by atoms with Crippen LogP contribution in [0.5, 0.6) is 11.6 Å². The zero-order chi connectivity index (χ0) is 14.8. The van der Waals surface area contributed by atoms with E-state index in [2.05, 4.69) is 9.97 Å². The maximum Gasteiger partial charge on any atom is 0.229 e. The van der Waals surface area contributed by atoms with Crippen LogP contribution in [0.4, 0.5) is 0 Å². The molecule has 0 fully saturated rings. The molecule has 0 saturated heterocycles. The molecule has 2 aromatic heterocycles. The highest BCUT2D eigenvalue weighted by Gasteiger charge is 2.18. The largest absolute Gasteiger partial charge is 0.437 e. The number of hydrogen-bond donors (Lipinski definition) is 1. The van der Waals surface area contributed by atoms with Crippen molar-refractivity contribution in [2.45, 2.75) is 32.6 Å². The molecule has 2 N–H and O–H groups in total. The first-order valence-electron chi connectivity index (χ1n) is 7.06. The highest BCUT2D eigenvalue weighted by atomic mass is 32.1. The second kappa shape index (κ2) is 5.77. The molecule has 0 atom stereocenters. The van der Waals surface area contributed by atoms with Crippen molar-refractivity contribution in [3.8, 4) is 11.6 Å². The van der Waals surface area contributed by atoms with Crippen LogP contribution in [0.25, 0.3) is 0 Å². The summed E-state index contributed by atoms with van der Waals surface area (Å²) in [6.07, 6.45) is 6.05. The summed E-state index contributed by atoms with van der Waals surface area (Å²) >= 11 is 5.13. The quantitative estimate of drug-likeness (QED) is 0.882. The Morgan fingerprint density at radius 2 is 2.10 bits per heavy atom. The summed E-state index contributed by atoms with van der Waals surface area (Å²) < 4.78 is 5.85. The van der Waals surface area contributed by atoms with E-state index in [9.17, 15) is 0 Å². The van der Waals surface area contributed by atoms with Crippen LogP contribution in [0.2, 0.25) is 0 Å². The van der Waals surface area contributed by atoms with E-state index in [-0.39, 0.29) is 0 Å². The van der Waals surface area contributed by atoms with Crippen molar-refractivity contribution in [1.29, 1.82) is 0 Å². The summed E-state index contributed by atoms with van der Waals surface area (Å²) in [7, 11) is 0. The number of nitrogens with two attached hydrogens (primary N) is 1. The van der Waals surface area contributed by atoms with Crippen LogP contribution in [0, 0.1) is 6.92 Å². The van der Waals surface area contributed by atoms with Crippen LogP contribution < -0.4 is 10.5 Å². The number of ether oxygens (including phenoxy) is 1. The summed E-state index contributed by atoms with van der Waals surface area (Å²) in [5.41, 5.74) is 9.79. The minimum atomic E-state index is 0.311. The van der Waals surface area contributed by atoms with Gasteiger partial charge in [0.1, 0.15) is 10.7 Å². The average molecular weight is 299 g/mol. The number of aromatic nitrogens is 2. The van der Waals surface area contributed by atoms with Gasteiger partial charge in [-0.1, -0.05) is 12.2 Å². The first-order valence-corrected chi connectivity index (χ1v) is 7.47. The smallest absolute Gasteiger partial charge is 0.229 e. The van der Waals surface area contributed by atoms with E-state index in [0.717, 1.165) is 30.7 Å². The fourth-order valence-corrected chi connectivity index (χ4v) is 2.64. The number of nitrogens with zero attached hydrogens (tertiary/aromatic N) is 2. The molecule has 0 unspecified atom stereocenters. The molecule has 0 bridgehead atoms. The summed E-state index contributed by atoms with van der Waals surface area (Å²) in [4.78, 5) is 9.17. The normalized spacial score (nSPS) is 13.6. The first kappa shape index (κ1) is 13.9. The number of fused-ring (bicyclic) bond motifs is 1. The van der Waals surface area contributed by atoms with Crippen LogP contribution in [0.15, 0.2) is 24.4 Å². The molecule has 4 nitrogen and oxygen atoms in total. The standard InChI is InChI=1S/C16H17N3OS/c1-10-6-7-12(9-18-10)20-16-13(15(17)21)8-11-4-2-3-5-14(11)19-16/h6-9H,2-5H2,1H3,(H2,17,21). The molecule has 1 aliphatic rings. The maximum atomic E-state index is 5.85. The molecular formula is C16H17N3OS. The van der Waals surface area contributed by atoms with E-state index >= 15 is 0 Å². The van der Waals surface area contributed by atoms with Gasteiger partial charge in [0, 0.05) is 11.4 Å². The lowest BCUT2D eigenvalue weighted by Gasteiger charge is -2.18. The molecular weight excluding hydrogens is 282 g/mol. The summed E-state index contributed by atoms with van der Waals surface area (Å²) in [5.74, 6) is 1.12. The van der Waals surface area contributed by atoms with E-state index in [4.69, 9.17) is 22.7 Å². The molecule has 108 valence electrons. The van der Waals surface area contributed by atoms with E-state index in [0.29, 0.717) is 22.2 Å². The van der Waals surface area contributed by atoms with Gasteiger partial charge in [-0.05, 0) is 56.4 Å². The van der Waals surface area contributed by atoms with Crippen molar-refractivity contribution in [3.63, 3.8) is 0 Å². The molecule has 2 aromatic rings. The Labute approximate surface area is 129 Å². The molecule has 0 amide bonds. The Hall–Kier alpha value is -2.01. The Balaban J connectivity index is 1.99. The van der Waals surface area contributed by atoms with Crippen LogP contribution in [-0.4, -0.2) is 15.0 Å². The third-order valence-corrected chi connectivity index (χ3v) is 3.85. The monoisotopic (exact) mass is 299 g/mol. The van der Waals surface area contributed by atoms with Gasteiger partial charge in [-0.15, -0.1) is 0 Å². The third kappa shape index (κ3) is 3.03. The third-order valence-electron chi connectivity index (χ3n) is 3.63. The summed E-state index contributed by atoms with van der Waals surface area (Å²) in [5, 5.41) is 0. The molecule has 0 aromatic carbocycles. The van der Waals surface area contributed by atoms with Gasteiger partial charge >= 0.3 is 0 Å². The predicted molar refractivity (Wildman–Crippen MR) is 85.8 cm³/mol. The molecule has 0 aliphatic heterocycles. The van der Waals surface area contributed by atoms with Gasteiger partial charge in [0.25, 0.3) is 0 Å². The highest BCUT2D eigenvalue weighted by molar-refractivity contribution is 7.80. The topological polar surface area (TPSA) is 61.0 Å². The Bertz CT molecular complexity index is 683. The van der Waals surface area contributed by atoms with Crippen molar-refractivity contribution < 1.29 is 4.74 Å². The zero-order valence-electron chi connectivity index (χ0n) is 11.9. The van der Waals surface area contributed by atoms with Gasteiger partial charge in [-0.25, -0.2) is 4.98 Å². The number of thiocarbonyl (C=S) groups is 1. The summed E-state index contributed by atoms with van der Waals surface area (Å²) in [6.45, 7) is 1.93. The number of hydrogen-bond acceptors (Lipinski definition) is 4. The lowest BCUT2D eigenvalue weighted by Crippen LogP contribution is -2.15. The SMILES string of the molecule is Cc1ccc(Oc2nc3c(cc2C(N)=S)CCCC3)cn1. The van der Waals surface area contributed by atoms with Crippen LogP contribution in [-0.2, 0) is 12.8 Å². The minimum absolute atomic E-state index is 0.311. The molecule has 3 rings (SSSR count). The van der Waals surface area contributed by atoms with Crippen molar-refractivity contribution in [3.05, 3.63) is 46.9 Å². The van der Waals surface area contributed by atoms with Gasteiger partial charge in [0.2, 0.25) is 5.88 Å². The van der Waals surface area contributed by atoms with Crippen LogP contribution in [0.1, 0.15) is 35.4 Å². The molecule has 21 heavy (non-hydrogen) atoms. The maximum absolute atomic E-state index is 5.85. The van der Waals surface area contributed by atoms with Crippen LogP contribution in [0.3, 0.4) is 0 Å². The van der Waals surface area contributed by atoms with Crippen molar-refractivity contribution in [2.24, 2.45) is 5.73 Å². The Morgan fingerprint density at radius 1 is 1.29 bits per heavy atom.